The molecule has 21 heavy (non-hydrogen) atoms. The number of hydrogen-bond donors (Lipinski definition) is 0. The summed E-state index contributed by atoms with van der Waals surface area (Å²) in [5.41, 5.74) is 0.513. The third-order valence-corrected chi connectivity index (χ3v) is 3.55. The molecule has 1 aliphatic heterocycles. The van der Waals surface area contributed by atoms with E-state index in [-0.39, 0.29) is 29.9 Å². The number of hydrogen-bond acceptors (Lipinski definition) is 4. The van der Waals surface area contributed by atoms with Gasteiger partial charge in [-0.15, -0.1) is 10.2 Å². The molecular weight excluding hydrogens is 273 g/mol. The van der Waals surface area contributed by atoms with Gasteiger partial charge in [0.25, 0.3) is 0 Å². The van der Waals surface area contributed by atoms with Crippen molar-refractivity contribution in [2.24, 2.45) is 0 Å². The average Bonchev–Trinajstić information content (AvgIpc) is 2.97. The van der Waals surface area contributed by atoms with Gasteiger partial charge in [0.05, 0.1) is 0 Å². The molecule has 1 aromatic heterocycles. The minimum atomic E-state index is -0.364. The molecule has 0 aliphatic carbocycles. The molecular formula is C15H16FN3O2. The summed E-state index contributed by atoms with van der Waals surface area (Å²) in [4.78, 5) is 13.9. The van der Waals surface area contributed by atoms with Crippen LogP contribution in [0.3, 0.4) is 0 Å². The van der Waals surface area contributed by atoms with Crippen LogP contribution in [0.5, 0.6) is 0 Å². The summed E-state index contributed by atoms with van der Waals surface area (Å²) in [5, 5.41) is 7.74. The summed E-state index contributed by atoms with van der Waals surface area (Å²) in [6.07, 6.45) is 3.37. The van der Waals surface area contributed by atoms with Crippen LogP contribution >= 0.6 is 0 Å². The molecule has 110 valence electrons. The Kier molecular flexibility index (Phi) is 3.94. The first-order valence-corrected chi connectivity index (χ1v) is 7.08. The molecule has 1 saturated heterocycles. The fraction of sp³-hybridized carbons (Fsp3) is 0.400. The predicted molar refractivity (Wildman–Crippen MR) is 73.8 cm³/mol. The Labute approximate surface area is 121 Å². The second-order valence-corrected chi connectivity index (χ2v) is 5.13. The topological polar surface area (TPSA) is 59.2 Å². The molecule has 0 N–H and O–H groups in total. The van der Waals surface area contributed by atoms with Gasteiger partial charge in [-0.25, -0.2) is 4.39 Å². The van der Waals surface area contributed by atoms with Gasteiger partial charge in [0.2, 0.25) is 17.7 Å². The highest BCUT2D eigenvalue weighted by Crippen LogP contribution is 2.19. The highest BCUT2D eigenvalue weighted by molar-refractivity contribution is 5.77. The Morgan fingerprint density at radius 2 is 2.05 bits per heavy atom. The van der Waals surface area contributed by atoms with Gasteiger partial charge >= 0.3 is 0 Å². The first-order chi connectivity index (χ1) is 10.2. The third kappa shape index (κ3) is 3.26. The molecule has 5 nitrogen and oxygen atoms in total. The lowest BCUT2D eigenvalue weighted by Crippen LogP contribution is -2.36. The van der Waals surface area contributed by atoms with E-state index in [0.717, 1.165) is 25.9 Å². The number of benzene rings is 1. The van der Waals surface area contributed by atoms with Crippen LogP contribution in [0.1, 0.15) is 25.2 Å². The van der Waals surface area contributed by atoms with E-state index in [4.69, 9.17) is 4.42 Å². The molecule has 1 aliphatic rings. The van der Waals surface area contributed by atoms with Gasteiger partial charge in [-0.1, -0.05) is 6.07 Å². The van der Waals surface area contributed by atoms with E-state index in [0.29, 0.717) is 5.56 Å². The predicted octanol–water partition coefficient (Wildman–Crippen LogP) is 2.43. The first-order valence-electron chi connectivity index (χ1n) is 7.08. The molecule has 6 heteroatoms. The molecule has 2 aromatic rings. The van der Waals surface area contributed by atoms with Gasteiger partial charge < -0.3 is 9.32 Å². The van der Waals surface area contributed by atoms with Crippen LogP contribution in [0.2, 0.25) is 0 Å². The summed E-state index contributed by atoms with van der Waals surface area (Å²) in [5.74, 6) is 0.140. The molecule has 0 atom stereocenters. The van der Waals surface area contributed by atoms with Crippen LogP contribution in [0, 0.1) is 5.82 Å². The van der Waals surface area contributed by atoms with Gasteiger partial charge in [0, 0.05) is 18.7 Å². The van der Waals surface area contributed by atoms with Crippen LogP contribution in [0.4, 0.5) is 4.39 Å². The van der Waals surface area contributed by atoms with Crippen molar-refractivity contribution in [2.45, 2.75) is 25.7 Å². The van der Waals surface area contributed by atoms with Gasteiger partial charge in [0.15, 0.2) is 0 Å². The lowest BCUT2D eigenvalue weighted by atomic mass is 10.1. The molecule has 0 bridgehead atoms. The number of likely N-dealkylation sites (tertiary alicyclic amines) is 1. The van der Waals surface area contributed by atoms with E-state index in [1.165, 1.54) is 18.6 Å². The van der Waals surface area contributed by atoms with Crippen molar-refractivity contribution in [2.75, 3.05) is 13.1 Å². The van der Waals surface area contributed by atoms with E-state index < -0.39 is 0 Å². The smallest absolute Gasteiger partial charge is 0.247 e. The van der Waals surface area contributed by atoms with Crippen molar-refractivity contribution in [1.82, 2.24) is 15.1 Å². The number of aromatic nitrogens is 2. The first kappa shape index (κ1) is 13.7. The summed E-state index contributed by atoms with van der Waals surface area (Å²) < 4.78 is 18.6. The minimum absolute atomic E-state index is 0.00384. The minimum Gasteiger partial charge on any atom is -0.420 e. The van der Waals surface area contributed by atoms with Crippen LogP contribution in [0.15, 0.2) is 28.7 Å². The zero-order chi connectivity index (χ0) is 14.7. The maximum atomic E-state index is 13.2. The number of nitrogens with zero attached hydrogens (tertiary/aromatic N) is 3. The Balaban J connectivity index is 1.69. The highest BCUT2D eigenvalue weighted by atomic mass is 19.1. The number of amides is 1. The van der Waals surface area contributed by atoms with Crippen molar-refractivity contribution >= 4 is 5.91 Å². The Bertz CT molecular complexity index is 635. The van der Waals surface area contributed by atoms with Crippen molar-refractivity contribution in [1.29, 1.82) is 0 Å². The molecule has 1 fully saturated rings. The van der Waals surface area contributed by atoms with Crippen molar-refractivity contribution in [3.05, 3.63) is 36.0 Å². The van der Waals surface area contributed by atoms with Gasteiger partial charge in [-0.2, -0.15) is 0 Å². The van der Waals surface area contributed by atoms with E-state index >= 15 is 0 Å². The van der Waals surface area contributed by atoms with Gasteiger partial charge in [-0.05, 0) is 37.5 Å². The molecule has 0 saturated carbocycles. The normalized spacial score (nSPS) is 15.2. The Morgan fingerprint density at radius 1 is 1.24 bits per heavy atom. The fourth-order valence-corrected chi connectivity index (χ4v) is 2.45. The SMILES string of the molecule is O=C(Cc1nnc(-c2cccc(F)c2)o1)N1CCCCC1. The number of carbonyl (C=O) groups excluding carboxylic acids is 1. The lowest BCUT2D eigenvalue weighted by molar-refractivity contribution is -0.131. The standard InChI is InChI=1S/C15H16FN3O2/c16-12-6-4-5-11(9-12)15-18-17-13(21-15)10-14(20)19-7-2-1-3-8-19/h4-6,9H,1-3,7-8,10H2. The molecule has 2 heterocycles. The molecule has 1 amide bonds. The number of halogens is 1. The molecule has 0 spiro atoms. The van der Waals surface area contributed by atoms with Crippen LogP contribution in [0.25, 0.3) is 11.5 Å². The zero-order valence-corrected chi connectivity index (χ0v) is 11.6. The quantitative estimate of drug-likeness (QED) is 0.870. The summed E-state index contributed by atoms with van der Waals surface area (Å²) in [6, 6.07) is 5.94. The van der Waals surface area contributed by atoms with Crippen LogP contribution < -0.4 is 0 Å². The highest BCUT2D eigenvalue weighted by Gasteiger charge is 2.19. The number of rotatable bonds is 3. The lowest BCUT2D eigenvalue weighted by Gasteiger charge is -2.26. The molecule has 3 rings (SSSR count). The van der Waals surface area contributed by atoms with Gasteiger partial charge in [0.1, 0.15) is 12.2 Å². The Hall–Kier alpha value is -2.24. The average molecular weight is 289 g/mol. The van der Waals surface area contributed by atoms with Crippen molar-refractivity contribution < 1.29 is 13.6 Å². The summed E-state index contributed by atoms with van der Waals surface area (Å²) in [6.45, 7) is 1.59. The van der Waals surface area contributed by atoms with E-state index in [1.54, 1.807) is 12.1 Å². The van der Waals surface area contributed by atoms with Gasteiger partial charge in [-0.3, -0.25) is 4.79 Å². The Morgan fingerprint density at radius 3 is 2.81 bits per heavy atom. The summed E-state index contributed by atoms with van der Waals surface area (Å²) in [7, 11) is 0. The maximum Gasteiger partial charge on any atom is 0.247 e. The molecule has 0 unspecified atom stereocenters. The molecule has 1 aromatic carbocycles. The number of carbonyl (C=O) groups is 1. The molecule has 0 radical (unpaired) electrons. The largest absolute Gasteiger partial charge is 0.420 e. The van der Waals surface area contributed by atoms with E-state index in [9.17, 15) is 9.18 Å². The summed E-state index contributed by atoms with van der Waals surface area (Å²) >= 11 is 0. The van der Waals surface area contributed by atoms with Crippen molar-refractivity contribution in [3.8, 4) is 11.5 Å². The number of piperidine rings is 1. The fourth-order valence-electron chi connectivity index (χ4n) is 2.45. The zero-order valence-electron chi connectivity index (χ0n) is 11.6. The monoisotopic (exact) mass is 289 g/mol. The second kappa shape index (κ2) is 6.03. The third-order valence-electron chi connectivity index (χ3n) is 3.55. The maximum absolute atomic E-state index is 13.2. The van der Waals surface area contributed by atoms with Crippen LogP contribution in [-0.4, -0.2) is 34.1 Å². The second-order valence-electron chi connectivity index (χ2n) is 5.13. The van der Waals surface area contributed by atoms with E-state index in [1.807, 2.05) is 4.90 Å². The van der Waals surface area contributed by atoms with E-state index in [2.05, 4.69) is 10.2 Å². The van der Waals surface area contributed by atoms with Crippen LogP contribution in [-0.2, 0) is 11.2 Å². The van der Waals surface area contributed by atoms with Crippen molar-refractivity contribution in [3.63, 3.8) is 0 Å².